The van der Waals surface area contributed by atoms with Gasteiger partial charge in [0.15, 0.2) is 0 Å². The molecule has 1 fully saturated rings. The Bertz CT molecular complexity index is 1160. The Morgan fingerprint density at radius 2 is 2.19 bits per heavy atom. The fraction of sp³-hybridized carbons (Fsp3) is 0.381. The zero-order valence-corrected chi connectivity index (χ0v) is 18.1. The minimum absolute atomic E-state index is 0.142. The first kappa shape index (κ1) is 21.3. The number of rotatable bonds is 6. The van der Waals surface area contributed by atoms with E-state index < -0.39 is 6.09 Å². The molecule has 11 nitrogen and oxygen atoms in total. The molecule has 0 aliphatic carbocycles. The summed E-state index contributed by atoms with van der Waals surface area (Å²) in [5.41, 5.74) is 1.69. The van der Waals surface area contributed by atoms with Gasteiger partial charge in [0.2, 0.25) is 11.8 Å². The van der Waals surface area contributed by atoms with Crippen molar-refractivity contribution in [1.82, 2.24) is 24.6 Å². The number of carboxylic acid groups (broad SMARTS) is 1. The summed E-state index contributed by atoms with van der Waals surface area (Å²) in [6.07, 6.45) is 3.03. The summed E-state index contributed by atoms with van der Waals surface area (Å²) in [7, 11) is 3.40. The number of benzene rings is 1. The number of likely N-dealkylation sites (N-methyl/N-ethyl adjacent to an activating group) is 1. The topological polar surface area (TPSA) is 126 Å². The fourth-order valence-corrected chi connectivity index (χ4v) is 3.73. The summed E-state index contributed by atoms with van der Waals surface area (Å²) in [6, 6.07) is 5.33. The van der Waals surface area contributed by atoms with Gasteiger partial charge in [0.1, 0.15) is 5.56 Å². The van der Waals surface area contributed by atoms with Crippen LogP contribution in [0, 0.1) is 0 Å². The molecular formula is C21H25N7O4. The van der Waals surface area contributed by atoms with Crippen molar-refractivity contribution in [3.05, 3.63) is 36.2 Å². The number of amides is 2. The maximum atomic E-state index is 12.9. The lowest BCUT2D eigenvalue weighted by molar-refractivity contribution is 0.102. The van der Waals surface area contributed by atoms with Crippen LogP contribution >= 0.6 is 0 Å². The summed E-state index contributed by atoms with van der Waals surface area (Å²) in [6.45, 7) is 3.24. The van der Waals surface area contributed by atoms with Gasteiger partial charge in [0, 0.05) is 50.7 Å². The third-order valence-electron chi connectivity index (χ3n) is 5.44. The Kier molecular flexibility index (Phi) is 5.80. The van der Waals surface area contributed by atoms with E-state index in [1.54, 1.807) is 17.8 Å². The molecule has 0 unspecified atom stereocenters. The summed E-state index contributed by atoms with van der Waals surface area (Å²) in [5, 5.41) is 17.3. The van der Waals surface area contributed by atoms with Crippen LogP contribution in [-0.4, -0.2) is 74.5 Å². The van der Waals surface area contributed by atoms with Crippen LogP contribution in [0.15, 0.2) is 30.6 Å². The Morgan fingerprint density at radius 3 is 2.94 bits per heavy atom. The molecular weight excluding hydrogens is 414 g/mol. The largest absolute Gasteiger partial charge is 0.477 e. The minimum atomic E-state index is -0.968. The number of nitrogens with zero attached hydrogens (tertiary/aromatic N) is 6. The smallest absolute Gasteiger partial charge is 0.407 e. The van der Waals surface area contributed by atoms with Crippen molar-refractivity contribution in [1.29, 1.82) is 0 Å². The monoisotopic (exact) mass is 439 g/mol. The van der Waals surface area contributed by atoms with Gasteiger partial charge in [-0.25, -0.2) is 9.78 Å². The second-order valence-electron chi connectivity index (χ2n) is 7.63. The molecule has 1 aliphatic heterocycles. The van der Waals surface area contributed by atoms with E-state index in [1.165, 1.54) is 11.1 Å². The standard InChI is InChI=1S/C21H25N7O4/c1-4-32-19-16(18(29)23-14-5-6-17-13(9-14)11-26(2)25-17)10-22-20(24-19)28-8-7-15(12-28)27(3)21(30)31/h5-6,9-11,15H,4,7-8,12H2,1-3H3,(H,23,29)(H,30,31)/t15-/m0/s1. The number of aryl methyl sites for hydroxylation is 1. The van der Waals surface area contributed by atoms with Crippen molar-refractivity contribution < 1.29 is 19.4 Å². The highest BCUT2D eigenvalue weighted by atomic mass is 16.5. The van der Waals surface area contributed by atoms with Crippen molar-refractivity contribution in [2.24, 2.45) is 7.05 Å². The van der Waals surface area contributed by atoms with E-state index in [-0.39, 0.29) is 23.4 Å². The quantitative estimate of drug-likeness (QED) is 0.599. The van der Waals surface area contributed by atoms with E-state index in [0.29, 0.717) is 37.8 Å². The molecule has 0 radical (unpaired) electrons. The Balaban J connectivity index is 1.53. The summed E-state index contributed by atoms with van der Waals surface area (Å²) in [4.78, 5) is 36.1. The van der Waals surface area contributed by atoms with Gasteiger partial charge < -0.3 is 25.0 Å². The van der Waals surface area contributed by atoms with E-state index in [2.05, 4.69) is 20.4 Å². The average Bonchev–Trinajstić information content (AvgIpc) is 3.39. The van der Waals surface area contributed by atoms with Gasteiger partial charge in [-0.3, -0.25) is 9.48 Å². The molecule has 1 aliphatic rings. The van der Waals surface area contributed by atoms with Gasteiger partial charge in [-0.1, -0.05) is 0 Å². The zero-order valence-electron chi connectivity index (χ0n) is 18.1. The molecule has 2 N–H and O–H groups in total. The molecule has 3 heterocycles. The minimum Gasteiger partial charge on any atom is -0.477 e. The lowest BCUT2D eigenvalue weighted by atomic mass is 10.2. The molecule has 32 heavy (non-hydrogen) atoms. The van der Waals surface area contributed by atoms with Gasteiger partial charge in [0.25, 0.3) is 5.91 Å². The molecule has 3 aromatic rings. The predicted molar refractivity (Wildman–Crippen MR) is 118 cm³/mol. The van der Waals surface area contributed by atoms with Crippen molar-refractivity contribution >= 4 is 34.5 Å². The highest BCUT2D eigenvalue weighted by Crippen LogP contribution is 2.25. The van der Waals surface area contributed by atoms with E-state index in [0.717, 1.165) is 10.9 Å². The maximum Gasteiger partial charge on any atom is 0.407 e. The number of hydrogen-bond acceptors (Lipinski definition) is 7. The third-order valence-corrected chi connectivity index (χ3v) is 5.44. The fourth-order valence-electron chi connectivity index (χ4n) is 3.73. The van der Waals surface area contributed by atoms with E-state index in [1.807, 2.05) is 37.2 Å². The molecule has 168 valence electrons. The molecule has 1 aromatic carbocycles. The van der Waals surface area contributed by atoms with Crippen LogP contribution < -0.4 is 15.0 Å². The summed E-state index contributed by atoms with van der Waals surface area (Å²) >= 11 is 0. The number of ether oxygens (including phenoxy) is 1. The molecule has 4 rings (SSSR count). The summed E-state index contributed by atoms with van der Waals surface area (Å²) < 4.78 is 7.34. The second-order valence-corrected chi connectivity index (χ2v) is 7.63. The lowest BCUT2D eigenvalue weighted by Crippen LogP contribution is -2.38. The summed E-state index contributed by atoms with van der Waals surface area (Å²) in [5.74, 6) is 0.212. The maximum absolute atomic E-state index is 12.9. The van der Waals surface area contributed by atoms with Crippen LogP contribution in [0.5, 0.6) is 5.88 Å². The number of anilines is 2. The SMILES string of the molecule is CCOc1nc(N2CC[C@H](N(C)C(=O)O)C2)ncc1C(=O)Nc1ccc2nn(C)cc2c1. The van der Waals surface area contributed by atoms with Crippen molar-refractivity contribution in [3.8, 4) is 5.88 Å². The first-order valence-electron chi connectivity index (χ1n) is 10.3. The lowest BCUT2D eigenvalue weighted by Gasteiger charge is -2.22. The zero-order chi connectivity index (χ0) is 22.8. The number of nitrogens with one attached hydrogen (secondary N) is 1. The van der Waals surface area contributed by atoms with Crippen LogP contribution in [-0.2, 0) is 7.05 Å². The molecule has 0 saturated carbocycles. The molecule has 1 atom stereocenters. The second kappa shape index (κ2) is 8.69. The number of carbonyl (C=O) groups is 2. The molecule has 0 spiro atoms. The van der Waals surface area contributed by atoms with Crippen LogP contribution in [0.1, 0.15) is 23.7 Å². The van der Waals surface area contributed by atoms with Gasteiger partial charge in [-0.2, -0.15) is 10.1 Å². The average molecular weight is 439 g/mol. The molecule has 2 aromatic heterocycles. The van der Waals surface area contributed by atoms with Crippen LogP contribution in [0.3, 0.4) is 0 Å². The van der Waals surface area contributed by atoms with Crippen molar-refractivity contribution in [3.63, 3.8) is 0 Å². The predicted octanol–water partition coefficient (Wildman–Crippen LogP) is 2.20. The van der Waals surface area contributed by atoms with Crippen LogP contribution in [0.25, 0.3) is 10.9 Å². The van der Waals surface area contributed by atoms with E-state index in [4.69, 9.17) is 4.74 Å². The number of carbonyl (C=O) groups excluding carboxylic acids is 1. The van der Waals surface area contributed by atoms with E-state index >= 15 is 0 Å². The highest BCUT2D eigenvalue weighted by molar-refractivity contribution is 6.06. The third kappa shape index (κ3) is 4.27. The van der Waals surface area contributed by atoms with Gasteiger partial charge in [0.05, 0.1) is 18.2 Å². The van der Waals surface area contributed by atoms with Crippen LogP contribution in [0.4, 0.5) is 16.4 Å². The Labute approximate surface area is 184 Å². The molecule has 2 amide bonds. The normalized spacial score (nSPS) is 15.7. The highest BCUT2D eigenvalue weighted by Gasteiger charge is 2.30. The Hall–Kier alpha value is -3.89. The molecule has 11 heteroatoms. The van der Waals surface area contributed by atoms with Crippen LogP contribution in [0.2, 0.25) is 0 Å². The molecule has 1 saturated heterocycles. The number of fused-ring (bicyclic) bond motifs is 1. The number of aromatic nitrogens is 4. The van der Waals surface area contributed by atoms with Crippen molar-refractivity contribution in [2.45, 2.75) is 19.4 Å². The van der Waals surface area contributed by atoms with Gasteiger partial charge in [-0.15, -0.1) is 0 Å². The van der Waals surface area contributed by atoms with E-state index in [9.17, 15) is 14.7 Å². The first-order valence-corrected chi connectivity index (χ1v) is 10.3. The Morgan fingerprint density at radius 1 is 1.38 bits per heavy atom. The number of hydrogen-bond donors (Lipinski definition) is 2. The van der Waals surface area contributed by atoms with Gasteiger partial charge in [-0.05, 0) is 31.5 Å². The van der Waals surface area contributed by atoms with Gasteiger partial charge >= 0.3 is 6.09 Å². The molecule has 0 bridgehead atoms. The van der Waals surface area contributed by atoms with Crippen molar-refractivity contribution in [2.75, 3.05) is 37.0 Å². The first-order chi connectivity index (χ1) is 15.4.